The molecule has 8 heteroatoms. The van der Waals surface area contributed by atoms with Gasteiger partial charge in [-0.2, -0.15) is 0 Å². The molecule has 1 N–H and O–H groups in total. The van der Waals surface area contributed by atoms with E-state index in [9.17, 15) is 4.79 Å². The maximum Gasteiger partial charge on any atom is 0.230 e. The van der Waals surface area contributed by atoms with Crippen LogP contribution in [0, 0.1) is 5.92 Å². The molecule has 1 unspecified atom stereocenters. The number of rotatable bonds is 4. The third-order valence-electron chi connectivity index (χ3n) is 4.60. The van der Waals surface area contributed by atoms with Crippen LogP contribution in [0.1, 0.15) is 12.8 Å². The van der Waals surface area contributed by atoms with E-state index in [1.54, 1.807) is 6.07 Å². The van der Waals surface area contributed by atoms with Gasteiger partial charge in [0.25, 0.3) is 0 Å². The van der Waals surface area contributed by atoms with Gasteiger partial charge in [0.15, 0.2) is 11.6 Å². The molecule has 3 aromatic rings. The summed E-state index contributed by atoms with van der Waals surface area (Å²) in [4.78, 5) is 14.5. The summed E-state index contributed by atoms with van der Waals surface area (Å²) >= 11 is 5.93. The lowest BCUT2D eigenvalue weighted by atomic mass is 9.97. The molecule has 138 valence electrons. The Hall–Kier alpha value is -2.93. The Morgan fingerprint density at radius 3 is 2.70 bits per heavy atom. The monoisotopic (exact) mass is 383 g/mol. The number of benzene rings is 1. The predicted molar refractivity (Wildman–Crippen MR) is 103 cm³/mol. The van der Waals surface area contributed by atoms with Gasteiger partial charge in [-0.15, -0.1) is 10.2 Å². The summed E-state index contributed by atoms with van der Waals surface area (Å²) in [5.41, 5.74) is 1.75. The first-order valence-corrected chi connectivity index (χ1v) is 9.13. The van der Waals surface area contributed by atoms with Gasteiger partial charge in [-0.1, -0.05) is 28.9 Å². The lowest BCUT2D eigenvalue weighted by Gasteiger charge is -2.32. The van der Waals surface area contributed by atoms with Crippen LogP contribution in [0.5, 0.6) is 0 Å². The van der Waals surface area contributed by atoms with Crippen molar-refractivity contribution in [2.75, 3.05) is 23.3 Å². The number of halogens is 1. The molecule has 0 aliphatic carbocycles. The van der Waals surface area contributed by atoms with Gasteiger partial charge in [0.05, 0.1) is 11.6 Å². The molecule has 1 aliphatic rings. The maximum atomic E-state index is 12.4. The van der Waals surface area contributed by atoms with Crippen LogP contribution in [-0.2, 0) is 4.79 Å². The first-order valence-electron chi connectivity index (χ1n) is 8.75. The summed E-state index contributed by atoms with van der Waals surface area (Å²) in [6, 6.07) is 13.0. The Balaban J connectivity index is 1.43. The molecule has 0 radical (unpaired) electrons. The van der Waals surface area contributed by atoms with Crippen LogP contribution in [0.25, 0.3) is 11.3 Å². The van der Waals surface area contributed by atoms with Crippen LogP contribution in [0.15, 0.2) is 53.3 Å². The Labute approximate surface area is 161 Å². The molecule has 0 bridgehead atoms. The molecule has 1 atom stereocenters. The summed E-state index contributed by atoms with van der Waals surface area (Å²) in [7, 11) is 0. The van der Waals surface area contributed by atoms with E-state index in [1.165, 1.54) is 6.26 Å². The number of amides is 1. The topological polar surface area (TPSA) is 84.2 Å². The van der Waals surface area contributed by atoms with Gasteiger partial charge in [0.1, 0.15) is 6.26 Å². The third-order valence-corrected chi connectivity index (χ3v) is 4.85. The Morgan fingerprint density at radius 1 is 1.15 bits per heavy atom. The molecule has 0 spiro atoms. The molecule has 1 aromatic carbocycles. The van der Waals surface area contributed by atoms with Crippen molar-refractivity contribution in [3.63, 3.8) is 0 Å². The van der Waals surface area contributed by atoms with Gasteiger partial charge < -0.3 is 14.7 Å². The largest absolute Gasteiger partial charge is 0.363 e. The fraction of sp³-hybridized carbons (Fsp3) is 0.263. The van der Waals surface area contributed by atoms with Crippen molar-refractivity contribution < 1.29 is 9.32 Å². The molecule has 1 fully saturated rings. The second-order valence-corrected chi connectivity index (χ2v) is 6.88. The first kappa shape index (κ1) is 17.5. The number of hydrogen-bond donors (Lipinski definition) is 1. The Morgan fingerprint density at radius 2 is 2.00 bits per heavy atom. The van der Waals surface area contributed by atoms with Gasteiger partial charge >= 0.3 is 0 Å². The molecule has 7 nitrogen and oxygen atoms in total. The van der Waals surface area contributed by atoms with Gasteiger partial charge in [0.2, 0.25) is 5.91 Å². The summed E-state index contributed by atoms with van der Waals surface area (Å²) in [6.45, 7) is 1.45. The van der Waals surface area contributed by atoms with E-state index >= 15 is 0 Å². The third kappa shape index (κ3) is 4.09. The van der Waals surface area contributed by atoms with Crippen LogP contribution >= 0.6 is 11.6 Å². The molecule has 1 amide bonds. The number of carbonyl (C=O) groups excluding carboxylic acids is 1. The van der Waals surface area contributed by atoms with Gasteiger partial charge in [-0.3, -0.25) is 4.79 Å². The summed E-state index contributed by atoms with van der Waals surface area (Å²) in [6.07, 6.45) is 3.18. The minimum absolute atomic E-state index is 0.0562. The number of piperidine rings is 1. The highest BCUT2D eigenvalue weighted by molar-refractivity contribution is 6.30. The van der Waals surface area contributed by atoms with E-state index in [0.717, 1.165) is 36.5 Å². The average molecular weight is 384 g/mol. The zero-order valence-electron chi connectivity index (χ0n) is 14.5. The highest BCUT2D eigenvalue weighted by atomic mass is 35.5. The van der Waals surface area contributed by atoms with E-state index in [4.69, 9.17) is 16.1 Å². The standard InChI is InChI=1S/C19H18ClN5O2/c20-15-5-3-13(4-6-15)16-7-8-18(23-22-16)25-10-1-2-14(12-25)19(26)21-17-9-11-27-24-17/h3-9,11,14H,1-2,10,12H2,(H,21,24,26). The van der Waals surface area contributed by atoms with Crippen molar-refractivity contribution >= 4 is 29.1 Å². The van der Waals surface area contributed by atoms with Crippen LogP contribution in [0.4, 0.5) is 11.6 Å². The maximum absolute atomic E-state index is 12.4. The zero-order chi connectivity index (χ0) is 18.6. The van der Waals surface area contributed by atoms with E-state index in [-0.39, 0.29) is 11.8 Å². The van der Waals surface area contributed by atoms with Crippen LogP contribution in [0.3, 0.4) is 0 Å². The summed E-state index contributed by atoms with van der Waals surface area (Å²) < 4.78 is 4.75. The lowest BCUT2D eigenvalue weighted by molar-refractivity contribution is -0.120. The van der Waals surface area contributed by atoms with Crippen molar-refractivity contribution in [2.24, 2.45) is 5.92 Å². The average Bonchev–Trinajstić information content (AvgIpc) is 3.22. The predicted octanol–water partition coefficient (Wildman–Crippen LogP) is 3.64. The number of nitrogens with one attached hydrogen (secondary N) is 1. The van der Waals surface area contributed by atoms with E-state index < -0.39 is 0 Å². The quantitative estimate of drug-likeness (QED) is 0.740. The molecule has 4 rings (SSSR count). The molecular formula is C19H18ClN5O2. The molecule has 27 heavy (non-hydrogen) atoms. The van der Waals surface area contributed by atoms with Crippen LogP contribution in [0.2, 0.25) is 5.02 Å². The highest BCUT2D eigenvalue weighted by Crippen LogP contribution is 2.24. The number of nitrogens with zero attached hydrogens (tertiary/aromatic N) is 4. The number of hydrogen-bond acceptors (Lipinski definition) is 6. The van der Waals surface area contributed by atoms with Crippen molar-refractivity contribution in [3.8, 4) is 11.3 Å². The second-order valence-electron chi connectivity index (χ2n) is 6.44. The van der Waals surface area contributed by atoms with Crippen molar-refractivity contribution in [1.82, 2.24) is 15.4 Å². The number of anilines is 2. The number of carbonyl (C=O) groups is 1. The fourth-order valence-corrected chi connectivity index (χ4v) is 3.30. The van der Waals surface area contributed by atoms with Gasteiger partial charge in [0, 0.05) is 29.7 Å². The number of aromatic nitrogens is 3. The van der Waals surface area contributed by atoms with Crippen LogP contribution in [-0.4, -0.2) is 34.4 Å². The van der Waals surface area contributed by atoms with Crippen molar-refractivity contribution in [1.29, 1.82) is 0 Å². The summed E-state index contributed by atoms with van der Waals surface area (Å²) in [5, 5.41) is 15.9. The minimum atomic E-state index is -0.131. The van der Waals surface area contributed by atoms with Gasteiger partial charge in [-0.25, -0.2) is 0 Å². The summed E-state index contributed by atoms with van der Waals surface area (Å²) in [5.74, 6) is 1.02. The molecule has 1 aliphatic heterocycles. The van der Waals surface area contributed by atoms with E-state index in [2.05, 4.69) is 25.6 Å². The van der Waals surface area contributed by atoms with Crippen LogP contribution < -0.4 is 10.2 Å². The van der Waals surface area contributed by atoms with E-state index in [0.29, 0.717) is 17.4 Å². The molecule has 1 saturated heterocycles. The fourth-order valence-electron chi connectivity index (χ4n) is 3.17. The Bertz CT molecular complexity index is 897. The molecule has 3 heterocycles. The first-order chi connectivity index (χ1) is 13.2. The lowest BCUT2D eigenvalue weighted by Crippen LogP contribution is -2.41. The molecular weight excluding hydrogens is 366 g/mol. The molecule has 2 aromatic heterocycles. The zero-order valence-corrected chi connectivity index (χ0v) is 15.3. The van der Waals surface area contributed by atoms with Crippen molar-refractivity contribution in [2.45, 2.75) is 12.8 Å². The highest BCUT2D eigenvalue weighted by Gasteiger charge is 2.27. The smallest absolute Gasteiger partial charge is 0.230 e. The Kier molecular flexibility index (Phi) is 5.02. The molecule has 0 saturated carbocycles. The minimum Gasteiger partial charge on any atom is -0.363 e. The second kappa shape index (κ2) is 7.75. The van der Waals surface area contributed by atoms with Crippen molar-refractivity contribution in [3.05, 3.63) is 53.8 Å². The van der Waals surface area contributed by atoms with E-state index in [1.807, 2.05) is 36.4 Å². The SMILES string of the molecule is O=C(Nc1ccon1)C1CCCN(c2ccc(-c3ccc(Cl)cc3)nn2)C1. The van der Waals surface area contributed by atoms with Gasteiger partial charge in [-0.05, 0) is 37.1 Å². The normalized spacial score (nSPS) is 16.9.